The lowest BCUT2D eigenvalue weighted by molar-refractivity contribution is 0.393. The van der Waals surface area contributed by atoms with Crippen LogP contribution in [0.2, 0.25) is 0 Å². The molecule has 1 aromatic heterocycles. The molecule has 0 bridgehead atoms. The Hall–Kier alpha value is -1.32. The van der Waals surface area contributed by atoms with E-state index in [1.165, 1.54) is 19.3 Å². The van der Waals surface area contributed by atoms with Gasteiger partial charge >= 0.3 is 0 Å². The smallest absolute Gasteiger partial charge is 0.138 e. The van der Waals surface area contributed by atoms with Crippen molar-refractivity contribution in [1.82, 2.24) is 9.97 Å². The van der Waals surface area contributed by atoms with E-state index in [0.29, 0.717) is 0 Å². The summed E-state index contributed by atoms with van der Waals surface area (Å²) < 4.78 is 0. The quantitative estimate of drug-likeness (QED) is 0.918. The van der Waals surface area contributed by atoms with Gasteiger partial charge in [-0.2, -0.15) is 0 Å². The lowest BCUT2D eigenvalue weighted by Gasteiger charge is -2.33. The maximum Gasteiger partial charge on any atom is 0.138 e. The fourth-order valence-electron chi connectivity index (χ4n) is 2.63. The van der Waals surface area contributed by atoms with E-state index in [0.717, 1.165) is 36.5 Å². The van der Waals surface area contributed by atoms with Gasteiger partial charge in [0.25, 0.3) is 0 Å². The van der Waals surface area contributed by atoms with Crippen LogP contribution in [0, 0.1) is 5.92 Å². The first kappa shape index (κ1) is 15.1. The largest absolute Gasteiger partial charge is 0.373 e. The van der Waals surface area contributed by atoms with Crippen LogP contribution in [0.4, 0.5) is 11.6 Å². The molecule has 0 amide bonds. The van der Waals surface area contributed by atoms with E-state index >= 15 is 0 Å². The van der Waals surface area contributed by atoms with Crippen molar-refractivity contribution in [2.24, 2.45) is 5.92 Å². The molecule has 112 valence electrons. The number of hydrogen-bond donors (Lipinski definition) is 1. The van der Waals surface area contributed by atoms with Gasteiger partial charge in [-0.15, -0.1) is 0 Å². The van der Waals surface area contributed by atoms with Crippen LogP contribution < -0.4 is 10.2 Å². The van der Waals surface area contributed by atoms with E-state index < -0.39 is 0 Å². The topological polar surface area (TPSA) is 41.0 Å². The number of hydrogen-bond acceptors (Lipinski definition) is 4. The van der Waals surface area contributed by atoms with E-state index in [9.17, 15) is 0 Å². The van der Waals surface area contributed by atoms with Crippen LogP contribution in [0.15, 0.2) is 6.07 Å². The maximum absolute atomic E-state index is 4.80. The van der Waals surface area contributed by atoms with Gasteiger partial charge < -0.3 is 10.2 Å². The molecule has 0 spiro atoms. The van der Waals surface area contributed by atoms with Gasteiger partial charge in [0.1, 0.15) is 17.5 Å². The van der Waals surface area contributed by atoms with Crippen molar-refractivity contribution >= 4 is 11.6 Å². The second-order valence-corrected chi connectivity index (χ2v) is 6.77. The zero-order valence-electron chi connectivity index (χ0n) is 13.5. The average Bonchev–Trinajstić information content (AvgIpc) is 2.46. The third-order valence-corrected chi connectivity index (χ3v) is 4.16. The van der Waals surface area contributed by atoms with Crippen LogP contribution in [0.3, 0.4) is 0 Å². The van der Waals surface area contributed by atoms with E-state index in [4.69, 9.17) is 4.98 Å². The van der Waals surface area contributed by atoms with E-state index in [1.54, 1.807) is 0 Å². The Labute approximate surface area is 123 Å². The monoisotopic (exact) mass is 276 g/mol. The molecule has 0 saturated carbocycles. The number of nitrogens with zero attached hydrogens (tertiary/aromatic N) is 3. The van der Waals surface area contributed by atoms with Crippen molar-refractivity contribution in [3.8, 4) is 0 Å². The van der Waals surface area contributed by atoms with Gasteiger partial charge in [0, 0.05) is 31.6 Å². The molecule has 0 aromatic carbocycles. The predicted molar refractivity (Wildman–Crippen MR) is 85.5 cm³/mol. The van der Waals surface area contributed by atoms with Crippen LogP contribution in [0.25, 0.3) is 0 Å². The van der Waals surface area contributed by atoms with Crippen LogP contribution >= 0.6 is 0 Å². The SMILES string of the molecule is CCC1CCN(c2cc(NC)nc(C(C)(C)C)n2)CC1. The van der Waals surface area contributed by atoms with Crippen molar-refractivity contribution < 1.29 is 0 Å². The Balaban J connectivity index is 2.23. The minimum Gasteiger partial charge on any atom is -0.373 e. The zero-order valence-corrected chi connectivity index (χ0v) is 13.5. The van der Waals surface area contributed by atoms with Gasteiger partial charge in [-0.1, -0.05) is 34.1 Å². The number of rotatable bonds is 3. The van der Waals surface area contributed by atoms with Crippen molar-refractivity contribution in [3.05, 3.63) is 11.9 Å². The van der Waals surface area contributed by atoms with Gasteiger partial charge in [-0.05, 0) is 18.8 Å². The Morgan fingerprint density at radius 1 is 1.25 bits per heavy atom. The summed E-state index contributed by atoms with van der Waals surface area (Å²) in [7, 11) is 1.92. The molecular formula is C16H28N4. The summed E-state index contributed by atoms with van der Waals surface area (Å²) in [6, 6.07) is 2.07. The Morgan fingerprint density at radius 3 is 2.40 bits per heavy atom. The molecule has 2 heterocycles. The Kier molecular flexibility index (Phi) is 4.51. The van der Waals surface area contributed by atoms with Gasteiger partial charge in [0.15, 0.2) is 0 Å². The molecule has 0 aliphatic carbocycles. The summed E-state index contributed by atoms with van der Waals surface area (Å²) in [5.41, 5.74) is -0.0245. The van der Waals surface area contributed by atoms with Crippen LogP contribution in [-0.2, 0) is 5.41 Å². The maximum atomic E-state index is 4.80. The fraction of sp³-hybridized carbons (Fsp3) is 0.750. The first-order valence-electron chi connectivity index (χ1n) is 7.76. The highest BCUT2D eigenvalue weighted by molar-refractivity contribution is 5.50. The van der Waals surface area contributed by atoms with Crippen molar-refractivity contribution in [1.29, 1.82) is 0 Å². The van der Waals surface area contributed by atoms with Crippen LogP contribution in [0.5, 0.6) is 0 Å². The minimum atomic E-state index is -0.0245. The Morgan fingerprint density at radius 2 is 1.90 bits per heavy atom. The molecule has 4 heteroatoms. The zero-order chi connectivity index (χ0) is 14.8. The summed E-state index contributed by atoms with van der Waals surface area (Å²) in [6.45, 7) is 11.0. The van der Waals surface area contributed by atoms with Gasteiger partial charge in [0.05, 0.1) is 0 Å². The van der Waals surface area contributed by atoms with Gasteiger partial charge in [-0.25, -0.2) is 9.97 Å². The normalized spacial score (nSPS) is 17.4. The highest BCUT2D eigenvalue weighted by Crippen LogP contribution is 2.27. The van der Waals surface area contributed by atoms with E-state index in [-0.39, 0.29) is 5.41 Å². The molecule has 1 aromatic rings. The molecule has 0 unspecified atom stereocenters. The van der Waals surface area contributed by atoms with Gasteiger partial charge in [-0.3, -0.25) is 0 Å². The lowest BCUT2D eigenvalue weighted by Crippen LogP contribution is -2.34. The van der Waals surface area contributed by atoms with Crippen LogP contribution in [0.1, 0.15) is 52.8 Å². The summed E-state index contributed by atoms with van der Waals surface area (Å²) >= 11 is 0. The third-order valence-electron chi connectivity index (χ3n) is 4.16. The number of anilines is 2. The van der Waals surface area contributed by atoms with Gasteiger partial charge in [0.2, 0.25) is 0 Å². The van der Waals surface area contributed by atoms with Crippen molar-refractivity contribution in [3.63, 3.8) is 0 Å². The summed E-state index contributed by atoms with van der Waals surface area (Å²) in [5, 5.41) is 3.16. The van der Waals surface area contributed by atoms with Crippen molar-refractivity contribution in [2.45, 2.75) is 52.4 Å². The Bertz CT molecular complexity index is 442. The van der Waals surface area contributed by atoms with Crippen molar-refractivity contribution in [2.75, 3.05) is 30.4 Å². The molecule has 0 radical (unpaired) electrons. The lowest BCUT2D eigenvalue weighted by atomic mass is 9.94. The average molecular weight is 276 g/mol. The minimum absolute atomic E-state index is 0.0245. The molecule has 1 aliphatic heterocycles. The molecule has 1 fully saturated rings. The number of piperidine rings is 1. The molecule has 2 rings (SSSR count). The molecule has 20 heavy (non-hydrogen) atoms. The molecule has 0 atom stereocenters. The second-order valence-electron chi connectivity index (χ2n) is 6.77. The molecule has 1 aliphatic rings. The molecule has 1 saturated heterocycles. The van der Waals surface area contributed by atoms with E-state index in [2.05, 4.69) is 49.0 Å². The molecular weight excluding hydrogens is 248 g/mol. The summed E-state index contributed by atoms with van der Waals surface area (Å²) in [4.78, 5) is 11.8. The second kappa shape index (κ2) is 5.98. The molecule has 4 nitrogen and oxygen atoms in total. The highest BCUT2D eigenvalue weighted by Gasteiger charge is 2.23. The predicted octanol–water partition coefficient (Wildman–Crippen LogP) is 3.44. The van der Waals surface area contributed by atoms with E-state index in [1.807, 2.05) is 7.05 Å². The summed E-state index contributed by atoms with van der Waals surface area (Å²) in [6.07, 6.45) is 3.85. The molecule has 1 N–H and O–H groups in total. The third kappa shape index (κ3) is 3.41. The summed E-state index contributed by atoms with van der Waals surface area (Å²) in [5.74, 6) is 3.79. The highest BCUT2D eigenvalue weighted by atomic mass is 15.2. The first-order chi connectivity index (χ1) is 9.44. The number of nitrogens with one attached hydrogen (secondary N) is 1. The first-order valence-corrected chi connectivity index (χ1v) is 7.76. The van der Waals surface area contributed by atoms with Crippen LogP contribution in [-0.4, -0.2) is 30.1 Å². The standard InChI is InChI=1S/C16H28N4/c1-6-12-7-9-20(10-8-12)14-11-13(17-5)18-15(19-14)16(2,3)4/h11-12H,6-10H2,1-5H3,(H,17,18,19). The number of aromatic nitrogens is 2. The fourth-order valence-corrected chi connectivity index (χ4v) is 2.63.